The van der Waals surface area contributed by atoms with Gasteiger partial charge in [0, 0.05) is 19.1 Å². The van der Waals surface area contributed by atoms with Crippen molar-refractivity contribution in [1.29, 1.82) is 0 Å². The molecule has 2 aliphatic rings. The Balaban J connectivity index is 1.78. The minimum Gasteiger partial charge on any atom is -0.316 e. The Hall–Kier alpha value is -0.120. The van der Waals surface area contributed by atoms with E-state index in [1.165, 1.54) is 58.5 Å². The zero-order valence-electron chi connectivity index (χ0n) is 11.8. The van der Waals surface area contributed by atoms with Crippen molar-refractivity contribution < 1.29 is 0 Å². The molecule has 3 nitrogen and oxygen atoms in total. The second-order valence-electron chi connectivity index (χ2n) is 6.32. The summed E-state index contributed by atoms with van der Waals surface area (Å²) in [5.41, 5.74) is 0.511. The number of hydrogen-bond donors (Lipinski definition) is 1. The van der Waals surface area contributed by atoms with Crippen LogP contribution < -0.4 is 5.32 Å². The van der Waals surface area contributed by atoms with Crippen molar-refractivity contribution in [2.75, 3.05) is 46.3 Å². The molecule has 1 unspecified atom stereocenters. The predicted molar refractivity (Wildman–Crippen MR) is 73.4 cm³/mol. The lowest BCUT2D eigenvalue weighted by atomic mass is 9.88. The third-order valence-electron chi connectivity index (χ3n) is 4.72. The highest BCUT2D eigenvalue weighted by Crippen LogP contribution is 2.27. The lowest BCUT2D eigenvalue weighted by Gasteiger charge is -2.39. The molecule has 0 aromatic rings. The van der Waals surface area contributed by atoms with Crippen LogP contribution in [0.25, 0.3) is 0 Å². The highest BCUT2D eigenvalue weighted by molar-refractivity contribution is 4.88. The van der Waals surface area contributed by atoms with Gasteiger partial charge in [0.05, 0.1) is 0 Å². The first-order valence-corrected chi connectivity index (χ1v) is 7.26. The van der Waals surface area contributed by atoms with Gasteiger partial charge in [-0.1, -0.05) is 13.8 Å². The molecule has 100 valence electrons. The maximum atomic E-state index is 3.50. The van der Waals surface area contributed by atoms with Crippen LogP contribution in [0.2, 0.25) is 0 Å². The van der Waals surface area contributed by atoms with Crippen molar-refractivity contribution in [1.82, 2.24) is 15.1 Å². The normalized spacial score (nSPS) is 32.5. The molecule has 0 aromatic heterocycles. The fourth-order valence-corrected chi connectivity index (χ4v) is 3.41. The van der Waals surface area contributed by atoms with Crippen LogP contribution in [0.15, 0.2) is 0 Å². The predicted octanol–water partition coefficient (Wildman–Crippen LogP) is 1.40. The Morgan fingerprint density at radius 2 is 2.06 bits per heavy atom. The number of hydrogen-bond acceptors (Lipinski definition) is 3. The zero-order valence-corrected chi connectivity index (χ0v) is 11.8. The SMILES string of the molecule is CCN1CCC(N(C)CC2(C)CCNC2)CC1. The summed E-state index contributed by atoms with van der Waals surface area (Å²) in [6.07, 6.45) is 4.05. The zero-order chi connectivity index (χ0) is 12.3. The molecular formula is C14H29N3. The Bertz CT molecular complexity index is 228. The summed E-state index contributed by atoms with van der Waals surface area (Å²) >= 11 is 0. The summed E-state index contributed by atoms with van der Waals surface area (Å²) in [7, 11) is 2.33. The summed E-state index contributed by atoms with van der Waals surface area (Å²) in [6, 6.07) is 0.815. The molecule has 0 saturated carbocycles. The molecule has 2 heterocycles. The molecule has 0 bridgehead atoms. The van der Waals surface area contributed by atoms with Crippen molar-refractivity contribution in [2.45, 2.75) is 39.2 Å². The largest absolute Gasteiger partial charge is 0.316 e. The molecule has 0 amide bonds. The van der Waals surface area contributed by atoms with E-state index in [4.69, 9.17) is 0 Å². The highest BCUT2D eigenvalue weighted by atomic mass is 15.2. The van der Waals surface area contributed by atoms with Gasteiger partial charge in [0.1, 0.15) is 0 Å². The van der Waals surface area contributed by atoms with Gasteiger partial charge in [-0.15, -0.1) is 0 Å². The standard InChI is InChI=1S/C14H29N3/c1-4-17-9-5-13(6-10-17)16(3)12-14(2)7-8-15-11-14/h13,15H,4-12H2,1-3H3. The van der Waals surface area contributed by atoms with E-state index < -0.39 is 0 Å². The third kappa shape index (κ3) is 3.43. The molecule has 1 atom stereocenters. The lowest BCUT2D eigenvalue weighted by Crippen LogP contribution is -2.46. The quantitative estimate of drug-likeness (QED) is 0.800. The molecule has 0 radical (unpaired) electrons. The first kappa shape index (κ1) is 13.3. The lowest BCUT2D eigenvalue weighted by molar-refractivity contribution is 0.0993. The minimum absolute atomic E-state index is 0.511. The van der Waals surface area contributed by atoms with Crippen LogP contribution in [0.3, 0.4) is 0 Å². The van der Waals surface area contributed by atoms with Gasteiger partial charge >= 0.3 is 0 Å². The van der Waals surface area contributed by atoms with E-state index in [0.717, 1.165) is 6.04 Å². The van der Waals surface area contributed by atoms with E-state index in [2.05, 4.69) is 36.0 Å². The van der Waals surface area contributed by atoms with Crippen LogP contribution in [0.4, 0.5) is 0 Å². The number of likely N-dealkylation sites (tertiary alicyclic amines) is 1. The van der Waals surface area contributed by atoms with Crippen LogP contribution in [-0.2, 0) is 0 Å². The van der Waals surface area contributed by atoms with E-state index >= 15 is 0 Å². The second kappa shape index (κ2) is 5.68. The van der Waals surface area contributed by atoms with Crippen molar-refractivity contribution in [2.24, 2.45) is 5.41 Å². The smallest absolute Gasteiger partial charge is 0.0117 e. The van der Waals surface area contributed by atoms with Crippen LogP contribution in [-0.4, -0.2) is 62.2 Å². The Morgan fingerprint density at radius 3 is 2.59 bits per heavy atom. The number of nitrogens with zero attached hydrogens (tertiary/aromatic N) is 2. The summed E-state index contributed by atoms with van der Waals surface area (Å²) in [6.45, 7) is 12.2. The average Bonchev–Trinajstić information content (AvgIpc) is 2.76. The Labute approximate surface area is 107 Å². The van der Waals surface area contributed by atoms with Crippen LogP contribution in [0, 0.1) is 5.41 Å². The molecule has 0 aliphatic carbocycles. The Kier molecular flexibility index (Phi) is 4.45. The Morgan fingerprint density at radius 1 is 1.35 bits per heavy atom. The summed E-state index contributed by atoms with van der Waals surface area (Å²) < 4.78 is 0. The van der Waals surface area contributed by atoms with E-state index in [-0.39, 0.29) is 0 Å². The molecule has 2 saturated heterocycles. The van der Waals surface area contributed by atoms with Crippen LogP contribution in [0.5, 0.6) is 0 Å². The number of nitrogens with one attached hydrogen (secondary N) is 1. The van der Waals surface area contributed by atoms with Gasteiger partial charge in [-0.05, 0) is 57.9 Å². The van der Waals surface area contributed by atoms with E-state index in [1.54, 1.807) is 0 Å². The van der Waals surface area contributed by atoms with E-state index in [0.29, 0.717) is 5.41 Å². The third-order valence-corrected chi connectivity index (χ3v) is 4.72. The fraction of sp³-hybridized carbons (Fsp3) is 1.00. The molecule has 0 aromatic carbocycles. The monoisotopic (exact) mass is 239 g/mol. The van der Waals surface area contributed by atoms with Crippen molar-refractivity contribution >= 4 is 0 Å². The first-order chi connectivity index (χ1) is 8.13. The van der Waals surface area contributed by atoms with Gasteiger partial charge in [-0.2, -0.15) is 0 Å². The maximum absolute atomic E-state index is 3.50. The molecule has 2 aliphatic heterocycles. The molecule has 17 heavy (non-hydrogen) atoms. The minimum atomic E-state index is 0.511. The van der Waals surface area contributed by atoms with Gasteiger partial charge in [0.2, 0.25) is 0 Å². The molecular weight excluding hydrogens is 210 g/mol. The van der Waals surface area contributed by atoms with Crippen LogP contribution in [0.1, 0.15) is 33.1 Å². The molecule has 1 N–H and O–H groups in total. The molecule has 0 spiro atoms. The van der Waals surface area contributed by atoms with Gasteiger partial charge in [-0.3, -0.25) is 0 Å². The summed E-state index contributed by atoms with van der Waals surface area (Å²) in [4.78, 5) is 5.20. The van der Waals surface area contributed by atoms with E-state index in [1.807, 2.05) is 0 Å². The summed E-state index contributed by atoms with van der Waals surface area (Å²) in [5.74, 6) is 0. The number of piperidine rings is 1. The average molecular weight is 239 g/mol. The first-order valence-electron chi connectivity index (χ1n) is 7.26. The molecule has 3 heteroatoms. The fourth-order valence-electron chi connectivity index (χ4n) is 3.41. The van der Waals surface area contributed by atoms with Crippen molar-refractivity contribution in [3.63, 3.8) is 0 Å². The second-order valence-corrected chi connectivity index (χ2v) is 6.32. The molecule has 2 rings (SSSR count). The van der Waals surface area contributed by atoms with Gasteiger partial charge in [0.15, 0.2) is 0 Å². The van der Waals surface area contributed by atoms with Gasteiger partial charge < -0.3 is 15.1 Å². The van der Waals surface area contributed by atoms with Crippen LogP contribution >= 0.6 is 0 Å². The number of rotatable bonds is 4. The van der Waals surface area contributed by atoms with Gasteiger partial charge in [-0.25, -0.2) is 0 Å². The topological polar surface area (TPSA) is 18.5 Å². The maximum Gasteiger partial charge on any atom is 0.0117 e. The molecule has 2 fully saturated rings. The van der Waals surface area contributed by atoms with E-state index in [9.17, 15) is 0 Å². The summed E-state index contributed by atoms with van der Waals surface area (Å²) in [5, 5.41) is 3.50. The highest BCUT2D eigenvalue weighted by Gasteiger charge is 2.32. The van der Waals surface area contributed by atoms with Gasteiger partial charge in [0.25, 0.3) is 0 Å². The van der Waals surface area contributed by atoms with Crippen molar-refractivity contribution in [3.05, 3.63) is 0 Å². The van der Waals surface area contributed by atoms with Crippen molar-refractivity contribution in [3.8, 4) is 0 Å².